The summed E-state index contributed by atoms with van der Waals surface area (Å²) < 4.78 is 3.24. The van der Waals surface area contributed by atoms with Gasteiger partial charge in [-0.1, -0.05) is 11.6 Å². The van der Waals surface area contributed by atoms with E-state index in [2.05, 4.69) is 27.2 Å². The maximum atomic E-state index is 12.0. The zero-order chi connectivity index (χ0) is 13.6. The fourth-order valence-electron chi connectivity index (χ4n) is 2.73. The van der Waals surface area contributed by atoms with E-state index in [1.54, 1.807) is 0 Å². The molecule has 0 amide bonds. The molecule has 0 spiro atoms. The molecule has 3 rings (SSSR count). The van der Waals surface area contributed by atoms with Crippen molar-refractivity contribution >= 4 is 40.0 Å². The van der Waals surface area contributed by atoms with Gasteiger partial charge in [0.15, 0.2) is 5.78 Å². The Morgan fingerprint density at radius 3 is 2.79 bits per heavy atom. The molecule has 0 radical (unpaired) electrons. The fraction of sp³-hybridized carbons (Fsp3) is 0.267. The summed E-state index contributed by atoms with van der Waals surface area (Å²) in [5, 5.41) is 0.728. The second-order valence-electron chi connectivity index (χ2n) is 4.85. The van der Waals surface area contributed by atoms with Gasteiger partial charge in [0, 0.05) is 26.9 Å². The summed E-state index contributed by atoms with van der Waals surface area (Å²) in [6, 6.07) is 8.01. The highest BCUT2D eigenvalue weighted by atomic mass is 127. The molecule has 0 N–H and O–H groups in total. The second-order valence-corrected chi connectivity index (χ2v) is 6.51. The van der Waals surface area contributed by atoms with Crippen molar-refractivity contribution in [2.75, 3.05) is 0 Å². The maximum Gasteiger partial charge on any atom is 0.164 e. The highest BCUT2D eigenvalue weighted by molar-refractivity contribution is 14.1. The van der Waals surface area contributed by atoms with Crippen LogP contribution in [0.25, 0.3) is 5.69 Å². The summed E-state index contributed by atoms with van der Waals surface area (Å²) >= 11 is 8.61. The Kier molecular flexibility index (Phi) is 3.43. The molecule has 0 unspecified atom stereocenters. The van der Waals surface area contributed by atoms with E-state index in [1.165, 1.54) is 0 Å². The van der Waals surface area contributed by atoms with E-state index >= 15 is 0 Å². The van der Waals surface area contributed by atoms with Crippen molar-refractivity contribution in [2.24, 2.45) is 0 Å². The number of ketones is 1. The average Bonchev–Trinajstić information content (AvgIpc) is 2.68. The first-order valence-electron chi connectivity index (χ1n) is 6.28. The lowest BCUT2D eigenvalue weighted by atomic mass is 9.96. The van der Waals surface area contributed by atoms with Gasteiger partial charge in [-0.05, 0) is 66.6 Å². The minimum absolute atomic E-state index is 0.254. The van der Waals surface area contributed by atoms with Crippen LogP contribution in [0, 0.1) is 10.5 Å². The van der Waals surface area contributed by atoms with Crippen molar-refractivity contribution < 1.29 is 4.79 Å². The van der Waals surface area contributed by atoms with Crippen LogP contribution in [-0.4, -0.2) is 10.4 Å². The van der Waals surface area contributed by atoms with Crippen molar-refractivity contribution in [2.45, 2.75) is 26.2 Å². The van der Waals surface area contributed by atoms with Crippen molar-refractivity contribution in [1.82, 2.24) is 4.57 Å². The Bertz CT molecular complexity index is 675. The molecule has 4 heteroatoms. The number of carbonyl (C=O) groups is 1. The van der Waals surface area contributed by atoms with Crippen LogP contribution in [0.1, 0.15) is 34.6 Å². The number of aryl methyl sites for hydroxylation is 1. The van der Waals surface area contributed by atoms with Gasteiger partial charge in [0.2, 0.25) is 0 Å². The quantitative estimate of drug-likeness (QED) is 0.660. The van der Waals surface area contributed by atoms with Gasteiger partial charge in [-0.25, -0.2) is 0 Å². The fourth-order valence-corrected chi connectivity index (χ4v) is 3.67. The molecule has 0 saturated carbocycles. The molecule has 1 aromatic heterocycles. The summed E-state index contributed by atoms with van der Waals surface area (Å²) in [7, 11) is 0. The van der Waals surface area contributed by atoms with E-state index in [-0.39, 0.29) is 5.78 Å². The topological polar surface area (TPSA) is 22.0 Å². The van der Waals surface area contributed by atoms with Crippen LogP contribution in [0.3, 0.4) is 0 Å². The summed E-state index contributed by atoms with van der Waals surface area (Å²) in [5.74, 6) is 0.254. The predicted octanol–water partition coefficient (Wildman–Crippen LogP) is 4.56. The number of aromatic nitrogens is 1. The number of carbonyl (C=O) groups excluding carboxylic acids is 1. The molecule has 0 fully saturated rings. The molecule has 2 aromatic rings. The van der Waals surface area contributed by atoms with Crippen LogP contribution in [0.4, 0.5) is 0 Å². The summed E-state index contributed by atoms with van der Waals surface area (Å²) in [6.07, 6.45) is 2.53. The summed E-state index contributed by atoms with van der Waals surface area (Å²) in [4.78, 5) is 12.0. The molecule has 0 bridgehead atoms. The molecule has 0 atom stereocenters. The van der Waals surface area contributed by atoms with E-state index in [9.17, 15) is 4.79 Å². The SMILES string of the molecule is Cc1cc2c(n1-c1ccc(I)cc1Cl)CCCC2=O. The number of fused-ring (bicyclic) bond motifs is 1. The van der Waals surface area contributed by atoms with Gasteiger partial charge in [-0.15, -0.1) is 0 Å². The summed E-state index contributed by atoms with van der Waals surface area (Å²) in [5.41, 5.74) is 4.02. The smallest absolute Gasteiger partial charge is 0.164 e. The Balaban J connectivity index is 2.23. The predicted molar refractivity (Wildman–Crippen MR) is 85.5 cm³/mol. The number of hydrogen-bond donors (Lipinski definition) is 0. The van der Waals surface area contributed by atoms with Gasteiger partial charge in [0.1, 0.15) is 0 Å². The lowest BCUT2D eigenvalue weighted by Gasteiger charge is -2.17. The third-order valence-electron chi connectivity index (χ3n) is 3.56. The van der Waals surface area contributed by atoms with Crippen LogP contribution in [-0.2, 0) is 6.42 Å². The van der Waals surface area contributed by atoms with Crippen LogP contribution in [0.5, 0.6) is 0 Å². The van der Waals surface area contributed by atoms with Gasteiger partial charge in [0.05, 0.1) is 10.7 Å². The Morgan fingerprint density at radius 2 is 2.05 bits per heavy atom. The molecule has 1 aromatic carbocycles. The number of halogens is 2. The third-order valence-corrected chi connectivity index (χ3v) is 4.53. The number of hydrogen-bond acceptors (Lipinski definition) is 1. The molecule has 19 heavy (non-hydrogen) atoms. The Morgan fingerprint density at radius 1 is 1.26 bits per heavy atom. The molecule has 1 heterocycles. The van der Waals surface area contributed by atoms with Gasteiger partial charge in [-0.2, -0.15) is 0 Å². The maximum absolute atomic E-state index is 12.0. The van der Waals surface area contributed by atoms with Crippen molar-refractivity contribution in [1.29, 1.82) is 0 Å². The molecule has 98 valence electrons. The van der Waals surface area contributed by atoms with Gasteiger partial charge in [-0.3, -0.25) is 4.79 Å². The molecular weight excluding hydrogens is 373 g/mol. The summed E-state index contributed by atoms with van der Waals surface area (Å²) in [6.45, 7) is 2.03. The van der Waals surface area contributed by atoms with E-state index in [0.29, 0.717) is 6.42 Å². The molecule has 1 aliphatic carbocycles. The van der Waals surface area contributed by atoms with E-state index in [4.69, 9.17) is 11.6 Å². The van der Waals surface area contributed by atoms with Crippen LogP contribution >= 0.6 is 34.2 Å². The third kappa shape index (κ3) is 2.23. The second kappa shape index (κ2) is 4.94. The Hall–Kier alpha value is -0.810. The highest BCUT2D eigenvalue weighted by Crippen LogP contribution is 2.31. The molecular formula is C15H13ClINO. The standard InChI is InChI=1S/C15H13ClINO/c1-9-7-11-13(3-2-4-15(11)19)18(9)14-6-5-10(17)8-12(14)16/h5-8H,2-4H2,1H3. The van der Waals surface area contributed by atoms with Crippen LogP contribution in [0.2, 0.25) is 5.02 Å². The number of Topliss-reactive ketones (excluding diaryl/α,β-unsaturated/α-hetero) is 1. The van der Waals surface area contributed by atoms with Crippen molar-refractivity contribution in [3.63, 3.8) is 0 Å². The van der Waals surface area contributed by atoms with E-state index < -0.39 is 0 Å². The minimum Gasteiger partial charge on any atom is -0.316 e. The van der Waals surface area contributed by atoms with Crippen molar-refractivity contribution in [3.05, 3.63) is 49.8 Å². The number of nitrogens with zero attached hydrogens (tertiary/aromatic N) is 1. The van der Waals surface area contributed by atoms with Crippen LogP contribution < -0.4 is 0 Å². The first kappa shape index (κ1) is 13.2. The average molecular weight is 386 g/mol. The monoisotopic (exact) mass is 385 g/mol. The molecule has 1 aliphatic rings. The van der Waals surface area contributed by atoms with E-state index in [0.717, 1.165) is 44.1 Å². The van der Waals surface area contributed by atoms with Gasteiger partial charge < -0.3 is 4.57 Å². The van der Waals surface area contributed by atoms with Crippen LogP contribution in [0.15, 0.2) is 24.3 Å². The normalized spacial score (nSPS) is 14.6. The first-order chi connectivity index (χ1) is 9.08. The van der Waals surface area contributed by atoms with E-state index in [1.807, 2.05) is 31.2 Å². The number of benzene rings is 1. The largest absolute Gasteiger partial charge is 0.316 e. The molecule has 2 nitrogen and oxygen atoms in total. The minimum atomic E-state index is 0.254. The highest BCUT2D eigenvalue weighted by Gasteiger charge is 2.23. The lowest BCUT2D eigenvalue weighted by molar-refractivity contribution is 0.0972. The lowest BCUT2D eigenvalue weighted by Crippen LogP contribution is -2.12. The van der Waals surface area contributed by atoms with Crippen molar-refractivity contribution in [3.8, 4) is 5.69 Å². The molecule has 0 aliphatic heterocycles. The van der Waals surface area contributed by atoms with Gasteiger partial charge >= 0.3 is 0 Å². The number of rotatable bonds is 1. The Labute approximate surface area is 130 Å². The van der Waals surface area contributed by atoms with Gasteiger partial charge in [0.25, 0.3) is 0 Å². The first-order valence-corrected chi connectivity index (χ1v) is 7.73. The molecule has 0 saturated heterocycles. The zero-order valence-electron chi connectivity index (χ0n) is 10.5. The zero-order valence-corrected chi connectivity index (χ0v) is 13.5.